The van der Waals surface area contributed by atoms with E-state index in [-0.39, 0.29) is 36.4 Å². The number of hydrogen-bond donors (Lipinski definition) is 0. The number of piperazine rings is 1. The van der Waals surface area contributed by atoms with Crippen LogP contribution in [-0.4, -0.2) is 87.5 Å². The van der Waals surface area contributed by atoms with Crippen LogP contribution in [0.2, 0.25) is 5.02 Å². The minimum Gasteiger partial charge on any atom is -0.368 e. The zero-order valence-electron chi connectivity index (χ0n) is 15.3. The van der Waals surface area contributed by atoms with Gasteiger partial charge in [0.1, 0.15) is 6.54 Å². The summed E-state index contributed by atoms with van der Waals surface area (Å²) >= 11 is 5.93. The van der Waals surface area contributed by atoms with Crippen molar-refractivity contribution in [3.63, 3.8) is 0 Å². The molecule has 0 aromatic heterocycles. The van der Waals surface area contributed by atoms with Gasteiger partial charge in [0.25, 0.3) is 0 Å². The summed E-state index contributed by atoms with van der Waals surface area (Å²) in [7, 11) is 7.70. The van der Waals surface area contributed by atoms with Crippen molar-refractivity contribution in [1.82, 2.24) is 14.7 Å². The molecule has 8 heteroatoms. The van der Waals surface area contributed by atoms with E-state index in [4.69, 9.17) is 11.6 Å². The van der Waals surface area contributed by atoms with Crippen LogP contribution in [0.25, 0.3) is 0 Å². The quantitative estimate of drug-likeness (QED) is 0.378. The predicted molar refractivity (Wildman–Crippen MR) is 115 cm³/mol. The fourth-order valence-corrected chi connectivity index (χ4v) is 2.91. The molecular formula is C17H27ClIN5O. The molecule has 0 unspecified atom stereocenters. The minimum atomic E-state index is 0. The number of rotatable bonds is 3. The maximum Gasteiger partial charge on any atom is 0.244 e. The first-order valence-corrected chi connectivity index (χ1v) is 8.43. The molecule has 0 bridgehead atoms. The van der Waals surface area contributed by atoms with E-state index in [2.05, 4.69) is 9.89 Å². The van der Waals surface area contributed by atoms with E-state index in [1.54, 1.807) is 0 Å². The second-order valence-electron chi connectivity index (χ2n) is 6.25. The molecule has 1 saturated heterocycles. The summed E-state index contributed by atoms with van der Waals surface area (Å²) in [5, 5.41) is 0.739. The number of carbonyl (C=O) groups excluding carboxylic acids is 1. The van der Waals surface area contributed by atoms with Gasteiger partial charge >= 0.3 is 0 Å². The molecule has 1 fully saturated rings. The highest BCUT2D eigenvalue weighted by molar-refractivity contribution is 14.0. The van der Waals surface area contributed by atoms with Gasteiger partial charge in [-0.15, -0.1) is 24.0 Å². The van der Waals surface area contributed by atoms with E-state index in [1.807, 2.05) is 67.2 Å². The van der Waals surface area contributed by atoms with Crippen molar-refractivity contribution in [2.24, 2.45) is 4.99 Å². The van der Waals surface area contributed by atoms with Gasteiger partial charge < -0.3 is 19.6 Å². The first-order valence-electron chi connectivity index (χ1n) is 8.06. The van der Waals surface area contributed by atoms with Crippen LogP contribution < -0.4 is 4.90 Å². The summed E-state index contributed by atoms with van der Waals surface area (Å²) < 4.78 is 0. The number of aliphatic imine (C=N–C) groups is 1. The summed E-state index contributed by atoms with van der Waals surface area (Å²) in [5.74, 6) is 0.870. The van der Waals surface area contributed by atoms with Crippen LogP contribution in [0.3, 0.4) is 0 Å². The molecular weight excluding hydrogens is 453 g/mol. The summed E-state index contributed by atoms with van der Waals surface area (Å²) in [4.78, 5) is 24.8. The fourth-order valence-electron chi connectivity index (χ4n) is 2.79. The Hall–Kier alpha value is -1.22. The predicted octanol–water partition coefficient (Wildman–Crippen LogP) is 2.09. The molecule has 0 N–H and O–H groups in total. The van der Waals surface area contributed by atoms with Gasteiger partial charge in [-0.05, 0) is 24.3 Å². The molecule has 1 amide bonds. The van der Waals surface area contributed by atoms with Crippen LogP contribution in [0.5, 0.6) is 0 Å². The SMILES string of the molecule is CN(C)C(=NCC(=O)N1CCN(c2ccc(Cl)cc2)CC1)N(C)C.I. The molecule has 140 valence electrons. The maximum absolute atomic E-state index is 12.4. The number of carbonyl (C=O) groups is 1. The Morgan fingerprint density at radius 2 is 1.56 bits per heavy atom. The molecule has 1 aromatic rings. The van der Waals surface area contributed by atoms with Gasteiger partial charge in [-0.2, -0.15) is 0 Å². The zero-order chi connectivity index (χ0) is 17.7. The van der Waals surface area contributed by atoms with Crippen LogP contribution in [0.1, 0.15) is 0 Å². The fraction of sp³-hybridized carbons (Fsp3) is 0.529. The Kier molecular flexibility index (Phi) is 8.78. The average Bonchev–Trinajstić information content (AvgIpc) is 2.55. The van der Waals surface area contributed by atoms with Crippen molar-refractivity contribution in [2.45, 2.75) is 0 Å². The third-order valence-corrected chi connectivity index (χ3v) is 4.23. The lowest BCUT2D eigenvalue weighted by Crippen LogP contribution is -2.49. The lowest BCUT2D eigenvalue weighted by molar-refractivity contribution is -0.129. The summed E-state index contributed by atoms with van der Waals surface area (Å²) in [5.41, 5.74) is 1.15. The van der Waals surface area contributed by atoms with Gasteiger partial charge in [0.15, 0.2) is 5.96 Å². The molecule has 1 aliphatic rings. The smallest absolute Gasteiger partial charge is 0.244 e. The van der Waals surface area contributed by atoms with Crippen molar-refractivity contribution in [3.05, 3.63) is 29.3 Å². The van der Waals surface area contributed by atoms with Gasteiger partial charge in [-0.3, -0.25) is 4.79 Å². The zero-order valence-corrected chi connectivity index (χ0v) is 18.4. The lowest BCUT2D eigenvalue weighted by Gasteiger charge is -2.36. The van der Waals surface area contributed by atoms with Gasteiger partial charge in [0.2, 0.25) is 5.91 Å². The van der Waals surface area contributed by atoms with Crippen molar-refractivity contribution in [2.75, 3.05) is 65.8 Å². The molecule has 0 radical (unpaired) electrons. The average molecular weight is 480 g/mol. The highest BCUT2D eigenvalue weighted by Crippen LogP contribution is 2.19. The topological polar surface area (TPSA) is 42.4 Å². The summed E-state index contributed by atoms with van der Waals surface area (Å²) in [6.45, 7) is 3.27. The second-order valence-corrected chi connectivity index (χ2v) is 6.69. The number of guanidine groups is 1. The summed E-state index contributed by atoms with van der Waals surface area (Å²) in [6, 6.07) is 7.83. The van der Waals surface area contributed by atoms with Crippen molar-refractivity contribution in [3.8, 4) is 0 Å². The van der Waals surface area contributed by atoms with E-state index in [0.29, 0.717) is 0 Å². The van der Waals surface area contributed by atoms with E-state index in [0.717, 1.165) is 42.8 Å². The minimum absolute atomic E-state index is 0. The number of anilines is 1. The number of amides is 1. The van der Waals surface area contributed by atoms with Crippen LogP contribution in [0, 0.1) is 0 Å². The third kappa shape index (κ3) is 6.22. The number of nitrogens with zero attached hydrogens (tertiary/aromatic N) is 5. The van der Waals surface area contributed by atoms with Crippen molar-refractivity contribution >= 4 is 53.1 Å². The second kappa shape index (κ2) is 10.1. The third-order valence-electron chi connectivity index (χ3n) is 3.98. The van der Waals surface area contributed by atoms with Gasteiger partial charge in [0, 0.05) is 65.1 Å². The molecule has 0 spiro atoms. The maximum atomic E-state index is 12.4. The summed E-state index contributed by atoms with van der Waals surface area (Å²) in [6.07, 6.45) is 0. The molecule has 0 atom stereocenters. The van der Waals surface area contributed by atoms with E-state index < -0.39 is 0 Å². The highest BCUT2D eigenvalue weighted by Gasteiger charge is 2.21. The molecule has 2 rings (SSSR count). The molecule has 0 aliphatic carbocycles. The van der Waals surface area contributed by atoms with Gasteiger partial charge in [0.05, 0.1) is 0 Å². The molecule has 1 aromatic carbocycles. The van der Waals surface area contributed by atoms with Gasteiger partial charge in [-0.1, -0.05) is 11.6 Å². The lowest BCUT2D eigenvalue weighted by atomic mass is 10.2. The number of benzene rings is 1. The molecule has 1 aliphatic heterocycles. The molecule has 25 heavy (non-hydrogen) atoms. The van der Waals surface area contributed by atoms with Crippen LogP contribution >= 0.6 is 35.6 Å². The Labute approximate surface area is 172 Å². The van der Waals surface area contributed by atoms with Crippen LogP contribution in [0.4, 0.5) is 5.69 Å². The number of halogens is 2. The Balaban J connectivity index is 0.00000312. The first-order chi connectivity index (χ1) is 11.4. The van der Waals surface area contributed by atoms with E-state index in [9.17, 15) is 4.79 Å². The normalized spacial score (nSPS) is 13.8. The highest BCUT2D eigenvalue weighted by atomic mass is 127. The molecule has 1 heterocycles. The van der Waals surface area contributed by atoms with Gasteiger partial charge in [-0.25, -0.2) is 4.99 Å². The molecule has 0 saturated carbocycles. The molecule has 6 nitrogen and oxygen atoms in total. The van der Waals surface area contributed by atoms with E-state index in [1.165, 1.54) is 0 Å². The largest absolute Gasteiger partial charge is 0.368 e. The Bertz CT molecular complexity index is 573. The van der Waals surface area contributed by atoms with Crippen molar-refractivity contribution < 1.29 is 4.79 Å². The number of hydrogen-bond acceptors (Lipinski definition) is 3. The first kappa shape index (κ1) is 21.8. The Morgan fingerprint density at radius 3 is 2.04 bits per heavy atom. The van der Waals surface area contributed by atoms with E-state index >= 15 is 0 Å². The van der Waals surface area contributed by atoms with Crippen LogP contribution in [-0.2, 0) is 4.79 Å². The standard InChI is InChI=1S/C17H26ClN5O.HI/c1-20(2)17(21(3)4)19-13-16(24)23-11-9-22(10-12-23)15-7-5-14(18)6-8-15;/h5-8H,9-13H2,1-4H3;1H. The monoisotopic (exact) mass is 479 g/mol. The Morgan fingerprint density at radius 1 is 1.04 bits per heavy atom. The van der Waals surface area contributed by atoms with Crippen molar-refractivity contribution in [1.29, 1.82) is 0 Å². The van der Waals surface area contributed by atoms with Crippen LogP contribution in [0.15, 0.2) is 29.3 Å².